The first-order valence-corrected chi connectivity index (χ1v) is 17.1. The molecule has 6 aromatic rings. The molecule has 0 aliphatic rings. The van der Waals surface area contributed by atoms with Gasteiger partial charge in [-0.05, 0) is 115 Å². The Morgan fingerprint density at radius 2 is 1.35 bits per heavy atom. The lowest BCUT2D eigenvalue weighted by Crippen LogP contribution is -2.13. The fourth-order valence-corrected chi connectivity index (χ4v) is 5.82. The molecule has 0 atom stereocenters. The fourth-order valence-electron chi connectivity index (χ4n) is 5.69. The van der Waals surface area contributed by atoms with E-state index in [0.29, 0.717) is 27.8 Å². The highest BCUT2D eigenvalue weighted by molar-refractivity contribution is 6.30. The molecule has 1 aromatic heterocycles. The van der Waals surface area contributed by atoms with Crippen LogP contribution in [0, 0.1) is 6.92 Å². The molecule has 0 amide bonds. The highest BCUT2D eigenvalue weighted by atomic mass is 35.5. The number of hydrogen-bond acceptors (Lipinski definition) is 6. The molecule has 51 heavy (non-hydrogen) atoms. The van der Waals surface area contributed by atoms with Crippen LogP contribution in [-0.4, -0.2) is 36.4 Å². The number of ketones is 1. The Bertz CT molecular complexity index is 2160. The molecule has 0 unspecified atom stereocenters. The van der Waals surface area contributed by atoms with Crippen molar-refractivity contribution in [1.29, 1.82) is 0 Å². The zero-order valence-electron chi connectivity index (χ0n) is 30.4. The van der Waals surface area contributed by atoms with Crippen molar-refractivity contribution in [3.63, 3.8) is 0 Å². The Morgan fingerprint density at radius 3 is 1.96 bits per heavy atom. The topological polar surface area (TPSA) is 83.8 Å². The maximum Gasteiger partial charge on any atom is 0.308 e. The van der Waals surface area contributed by atoms with Crippen LogP contribution in [0.3, 0.4) is 0 Å². The molecule has 6 rings (SSSR count). The standard InChI is InChI=1S/C19H18ClNO2.C14H16O.C10H10O3/c1-4-16-12(2)21(18-10-9-15(23-3)11-17(16)18)19(22)13-5-7-14(20)8-6-13;1-10(2)11-4-5-13-9-14(15-3)7-6-12(13)8-11;1-7(11)9-4-3-5-10(6-9)13-8(2)12/h5-11H,4H2,1-3H3;4-10H,1-3H3;3-6H,1-2H3. The number of hydrogen-bond donors (Lipinski definition) is 0. The van der Waals surface area contributed by atoms with E-state index in [4.69, 9.17) is 25.8 Å². The maximum atomic E-state index is 13.0. The summed E-state index contributed by atoms with van der Waals surface area (Å²) in [4.78, 5) is 34.5. The van der Waals surface area contributed by atoms with Crippen molar-refractivity contribution in [1.82, 2.24) is 4.57 Å². The molecule has 0 fully saturated rings. The van der Waals surface area contributed by atoms with Crippen LogP contribution >= 0.6 is 11.6 Å². The first-order valence-electron chi connectivity index (χ1n) is 16.7. The first kappa shape index (κ1) is 38.4. The van der Waals surface area contributed by atoms with Gasteiger partial charge in [0, 0.05) is 34.2 Å². The molecule has 264 valence electrons. The van der Waals surface area contributed by atoms with Gasteiger partial charge in [-0.15, -0.1) is 0 Å². The Morgan fingerprint density at radius 1 is 0.725 bits per heavy atom. The van der Waals surface area contributed by atoms with Crippen molar-refractivity contribution in [2.75, 3.05) is 14.2 Å². The number of aromatic nitrogens is 1. The minimum Gasteiger partial charge on any atom is -0.497 e. The molecule has 7 nitrogen and oxygen atoms in total. The van der Waals surface area contributed by atoms with Crippen LogP contribution in [0.2, 0.25) is 5.02 Å². The number of aryl methyl sites for hydroxylation is 1. The van der Waals surface area contributed by atoms with Gasteiger partial charge in [0.1, 0.15) is 17.2 Å². The van der Waals surface area contributed by atoms with E-state index in [2.05, 4.69) is 51.1 Å². The van der Waals surface area contributed by atoms with Crippen molar-refractivity contribution in [2.45, 2.75) is 53.9 Å². The Balaban J connectivity index is 0.000000181. The summed E-state index contributed by atoms with van der Waals surface area (Å²) in [5.41, 5.74) is 5.58. The van der Waals surface area contributed by atoms with E-state index < -0.39 is 0 Å². The van der Waals surface area contributed by atoms with Gasteiger partial charge >= 0.3 is 5.97 Å². The van der Waals surface area contributed by atoms with Gasteiger partial charge in [-0.25, -0.2) is 0 Å². The van der Waals surface area contributed by atoms with E-state index in [0.717, 1.165) is 34.5 Å². The number of halogens is 1. The summed E-state index contributed by atoms with van der Waals surface area (Å²) in [7, 11) is 3.35. The second-order valence-corrected chi connectivity index (χ2v) is 12.7. The number of ether oxygens (including phenoxy) is 3. The number of methoxy groups -OCH3 is 2. The quantitative estimate of drug-likeness (QED) is 0.0934. The second-order valence-electron chi connectivity index (χ2n) is 12.3. The molecule has 0 spiro atoms. The van der Waals surface area contributed by atoms with Crippen LogP contribution in [0.15, 0.2) is 103 Å². The van der Waals surface area contributed by atoms with Crippen LogP contribution in [0.4, 0.5) is 0 Å². The van der Waals surface area contributed by atoms with Crippen LogP contribution in [0.5, 0.6) is 17.2 Å². The Labute approximate surface area is 304 Å². The maximum absolute atomic E-state index is 13.0. The third kappa shape index (κ3) is 9.65. The molecule has 0 aliphatic carbocycles. The average molecular weight is 706 g/mol. The number of fused-ring (bicyclic) bond motifs is 2. The Kier molecular flexibility index (Phi) is 13.2. The molecule has 0 saturated carbocycles. The predicted molar refractivity (Wildman–Crippen MR) is 206 cm³/mol. The van der Waals surface area contributed by atoms with E-state index in [-0.39, 0.29) is 17.7 Å². The van der Waals surface area contributed by atoms with Gasteiger partial charge in [0.2, 0.25) is 0 Å². The SMILES string of the molecule is CC(=O)Oc1cccc(C(C)=O)c1.CCc1c(C)n(C(=O)c2ccc(Cl)cc2)c2ccc(OC)cc12.COc1ccc2cc(C(C)C)ccc2c1. The van der Waals surface area contributed by atoms with E-state index in [1.54, 1.807) is 67.3 Å². The van der Waals surface area contributed by atoms with Crippen LogP contribution < -0.4 is 14.2 Å². The van der Waals surface area contributed by atoms with Crippen LogP contribution in [-0.2, 0) is 11.2 Å². The zero-order chi connectivity index (χ0) is 37.2. The molecule has 0 radical (unpaired) electrons. The highest BCUT2D eigenvalue weighted by Gasteiger charge is 2.19. The number of rotatable bonds is 7. The number of nitrogens with zero attached hydrogens (tertiary/aromatic N) is 1. The number of carbonyl (C=O) groups excluding carboxylic acids is 3. The summed E-state index contributed by atoms with van der Waals surface area (Å²) in [6, 6.07) is 32.1. The second kappa shape index (κ2) is 17.5. The molecule has 0 aliphatic heterocycles. The summed E-state index contributed by atoms with van der Waals surface area (Å²) in [6.07, 6.45) is 0.858. The monoisotopic (exact) mass is 705 g/mol. The molecule has 1 heterocycles. The lowest BCUT2D eigenvalue weighted by molar-refractivity contribution is -0.131. The predicted octanol–water partition coefficient (Wildman–Crippen LogP) is 10.6. The summed E-state index contributed by atoms with van der Waals surface area (Å²) < 4.78 is 17.1. The van der Waals surface area contributed by atoms with Gasteiger partial charge in [-0.3, -0.25) is 19.0 Å². The summed E-state index contributed by atoms with van der Waals surface area (Å²) in [6.45, 7) is 11.3. The molecular weight excluding hydrogens is 662 g/mol. The van der Waals surface area contributed by atoms with E-state index in [1.807, 2.05) is 31.2 Å². The van der Waals surface area contributed by atoms with Crippen molar-refractivity contribution < 1.29 is 28.6 Å². The summed E-state index contributed by atoms with van der Waals surface area (Å²) in [5.74, 6) is 2.21. The minimum atomic E-state index is -0.388. The largest absolute Gasteiger partial charge is 0.497 e. The number of carbonyl (C=O) groups is 3. The average Bonchev–Trinajstić information content (AvgIpc) is 3.41. The summed E-state index contributed by atoms with van der Waals surface area (Å²) >= 11 is 5.92. The van der Waals surface area contributed by atoms with Gasteiger partial charge in [0.25, 0.3) is 5.91 Å². The van der Waals surface area contributed by atoms with Gasteiger partial charge in [-0.2, -0.15) is 0 Å². The van der Waals surface area contributed by atoms with Crippen molar-refractivity contribution in [2.24, 2.45) is 0 Å². The van der Waals surface area contributed by atoms with Crippen LogP contribution in [0.25, 0.3) is 21.7 Å². The molecular formula is C43H44ClNO6. The first-order chi connectivity index (χ1) is 24.4. The normalized spacial score (nSPS) is 10.5. The van der Waals surface area contributed by atoms with Gasteiger partial charge < -0.3 is 14.2 Å². The zero-order valence-corrected chi connectivity index (χ0v) is 31.1. The van der Waals surface area contributed by atoms with Crippen LogP contribution in [0.1, 0.15) is 78.1 Å². The Hall–Kier alpha value is -5.40. The van der Waals surface area contributed by atoms with E-state index in [1.165, 1.54) is 35.7 Å². The third-order valence-electron chi connectivity index (χ3n) is 8.43. The molecule has 0 bridgehead atoms. The molecule has 0 N–H and O–H groups in total. The number of benzene rings is 5. The molecule has 0 saturated heterocycles. The van der Waals surface area contributed by atoms with Gasteiger partial charge in [-0.1, -0.05) is 68.8 Å². The minimum absolute atomic E-state index is 0.0472. The number of esters is 1. The highest BCUT2D eigenvalue weighted by Crippen LogP contribution is 2.31. The van der Waals surface area contributed by atoms with E-state index in [9.17, 15) is 14.4 Å². The smallest absolute Gasteiger partial charge is 0.308 e. The van der Waals surface area contributed by atoms with Gasteiger partial charge in [0.15, 0.2) is 5.78 Å². The lowest BCUT2D eigenvalue weighted by Gasteiger charge is -2.08. The number of Topliss-reactive ketones (excluding diaryl/α,β-unsaturated/α-hetero) is 1. The fraction of sp³-hybridized carbons (Fsp3) is 0.233. The third-order valence-corrected chi connectivity index (χ3v) is 8.68. The van der Waals surface area contributed by atoms with Crippen molar-refractivity contribution >= 4 is 50.9 Å². The lowest BCUT2D eigenvalue weighted by atomic mass is 9.99. The van der Waals surface area contributed by atoms with Crippen molar-refractivity contribution in [3.8, 4) is 17.2 Å². The molecule has 5 aromatic carbocycles. The summed E-state index contributed by atoms with van der Waals surface area (Å²) in [5, 5.41) is 4.20. The van der Waals surface area contributed by atoms with Gasteiger partial charge in [0.05, 0.1) is 19.7 Å². The molecule has 8 heteroatoms. The van der Waals surface area contributed by atoms with E-state index >= 15 is 0 Å². The van der Waals surface area contributed by atoms with Crippen molar-refractivity contribution in [3.05, 3.63) is 136 Å².